The van der Waals surface area contributed by atoms with Crippen molar-refractivity contribution in [3.63, 3.8) is 0 Å². The Bertz CT molecular complexity index is 1210. The third kappa shape index (κ3) is 11.3. The van der Waals surface area contributed by atoms with Crippen LogP contribution in [0.15, 0.2) is 129 Å². The van der Waals surface area contributed by atoms with Crippen LogP contribution in [0.4, 0.5) is 0 Å². The lowest BCUT2D eigenvalue weighted by molar-refractivity contribution is 0.377. The van der Waals surface area contributed by atoms with E-state index in [-0.39, 0.29) is 0 Å². The van der Waals surface area contributed by atoms with Crippen LogP contribution < -0.4 is 0 Å². The molecule has 2 rings (SSSR count). The third-order valence-electron chi connectivity index (χ3n) is 8.33. The summed E-state index contributed by atoms with van der Waals surface area (Å²) < 4.78 is 0. The van der Waals surface area contributed by atoms with Crippen LogP contribution in [-0.2, 0) is 0 Å². The average molecular weight is 537 g/mol. The zero-order valence-electron chi connectivity index (χ0n) is 27.3. The molecule has 0 saturated heterocycles. The van der Waals surface area contributed by atoms with E-state index >= 15 is 0 Å². The Morgan fingerprint density at radius 2 is 1.20 bits per heavy atom. The van der Waals surface area contributed by atoms with Crippen LogP contribution >= 0.6 is 0 Å². The van der Waals surface area contributed by atoms with Gasteiger partial charge in [-0.3, -0.25) is 0 Å². The van der Waals surface area contributed by atoms with Crippen molar-refractivity contribution in [2.24, 2.45) is 11.3 Å². The van der Waals surface area contributed by atoms with E-state index < -0.39 is 0 Å². The van der Waals surface area contributed by atoms with Gasteiger partial charge in [0.25, 0.3) is 0 Å². The molecule has 0 amide bonds. The monoisotopic (exact) mass is 536 g/mol. The number of hydrogen-bond acceptors (Lipinski definition) is 0. The minimum atomic E-state index is 0.292. The third-order valence-corrected chi connectivity index (χ3v) is 8.33. The molecule has 0 bridgehead atoms. The minimum Gasteiger partial charge on any atom is -0.0696 e. The molecule has 0 N–H and O–H groups in total. The first-order valence-electron chi connectivity index (χ1n) is 15.4. The first-order valence-corrected chi connectivity index (χ1v) is 15.4. The van der Waals surface area contributed by atoms with Crippen LogP contribution in [0.5, 0.6) is 0 Å². The smallest absolute Gasteiger partial charge is 0.0104 e. The maximum atomic E-state index is 2.37. The minimum absolute atomic E-state index is 0.292. The molecule has 216 valence electrons. The van der Waals surface area contributed by atoms with Crippen LogP contribution in [-0.4, -0.2) is 0 Å². The molecule has 0 heteroatoms. The summed E-state index contributed by atoms with van der Waals surface area (Å²) in [6, 6.07) is 0. The van der Waals surface area contributed by atoms with Gasteiger partial charge in [0.15, 0.2) is 0 Å². The highest BCUT2D eigenvalue weighted by Gasteiger charge is 2.26. The Hall–Kier alpha value is -2.86. The normalized spacial score (nSPS) is 22.8. The van der Waals surface area contributed by atoms with E-state index in [1.807, 2.05) is 0 Å². The Morgan fingerprint density at radius 1 is 0.675 bits per heavy atom. The molecular formula is C40H56. The zero-order valence-corrected chi connectivity index (χ0v) is 27.3. The molecule has 0 fully saturated rings. The predicted molar refractivity (Wildman–Crippen MR) is 181 cm³/mol. The summed E-state index contributed by atoms with van der Waals surface area (Å²) >= 11 is 0. The topological polar surface area (TPSA) is 0 Å². The van der Waals surface area contributed by atoms with E-state index in [4.69, 9.17) is 0 Å². The van der Waals surface area contributed by atoms with Crippen LogP contribution in [0.1, 0.15) is 108 Å². The first kappa shape index (κ1) is 33.3. The van der Waals surface area contributed by atoms with Crippen LogP contribution in [0.25, 0.3) is 0 Å². The summed E-state index contributed by atoms with van der Waals surface area (Å²) in [6.07, 6.45) is 36.3. The van der Waals surface area contributed by atoms with Gasteiger partial charge in [-0.15, -0.1) is 0 Å². The van der Waals surface area contributed by atoms with Crippen molar-refractivity contribution in [3.05, 3.63) is 129 Å². The van der Waals surface area contributed by atoms with Crippen molar-refractivity contribution in [1.82, 2.24) is 0 Å². The predicted octanol–water partition coefficient (Wildman–Crippen LogP) is 12.6. The molecule has 0 nitrogen and oxygen atoms in total. The number of allylic oxidation sites excluding steroid dienone is 22. The van der Waals surface area contributed by atoms with Crippen LogP contribution in [0.2, 0.25) is 0 Å². The van der Waals surface area contributed by atoms with E-state index in [9.17, 15) is 0 Å². The van der Waals surface area contributed by atoms with E-state index in [0.29, 0.717) is 11.3 Å². The highest BCUT2D eigenvalue weighted by atomic mass is 14.3. The molecule has 2 aliphatic rings. The highest BCUT2D eigenvalue weighted by molar-refractivity contribution is 5.41. The molecule has 0 aromatic carbocycles. The lowest BCUT2D eigenvalue weighted by Gasteiger charge is -2.32. The van der Waals surface area contributed by atoms with Crippen molar-refractivity contribution >= 4 is 0 Å². The summed E-state index contributed by atoms with van der Waals surface area (Å²) in [5, 5.41) is 0. The van der Waals surface area contributed by atoms with Gasteiger partial charge >= 0.3 is 0 Å². The van der Waals surface area contributed by atoms with Gasteiger partial charge in [0.1, 0.15) is 0 Å². The summed E-state index contributed by atoms with van der Waals surface area (Å²) in [5.74, 6) is 0.683. The SMILES string of the molecule is CC1=C(/C(C)=C/C(C)=C/C=C/C(C)=C/C=C/C=C(C)/C=C/C=C(C)/C=C/C2=C(C)CCCC2(C)C)C(C)CCC1. The molecule has 0 spiro atoms. The fourth-order valence-electron chi connectivity index (χ4n) is 6.08. The van der Waals surface area contributed by atoms with Gasteiger partial charge in [0.2, 0.25) is 0 Å². The fourth-order valence-corrected chi connectivity index (χ4v) is 6.08. The average Bonchev–Trinajstić information content (AvgIpc) is 2.86. The summed E-state index contributed by atoms with van der Waals surface area (Å²) in [4.78, 5) is 0. The molecule has 40 heavy (non-hydrogen) atoms. The van der Waals surface area contributed by atoms with E-state index in [0.717, 1.165) is 0 Å². The van der Waals surface area contributed by atoms with Gasteiger partial charge in [-0.2, -0.15) is 0 Å². The molecular weight excluding hydrogens is 480 g/mol. The second-order valence-electron chi connectivity index (χ2n) is 12.8. The van der Waals surface area contributed by atoms with E-state index in [1.54, 1.807) is 16.7 Å². The van der Waals surface area contributed by atoms with Gasteiger partial charge < -0.3 is 0 Å². The van der Waals surface area contributed by atoms with Crippen molar-refractivity contribution in [1.29, 1.82) is 0 Å². The lowest BCUT2D eigenvalue weighted by atomic mass is 9.72. The maximum absolute atomic E-state index is 2.37. The van der Waals surface area contributed by atoms with Gasteiger partial charge in [0, 0.05) is 0 Å². The van der Waals surface area contributed by atoms with Crippen molar-refractivity contribution in [3.8, 4) is 0 Å². The molecule has 0 aromatic rings. The van der Waals surface area contributed by atoms with Crippen molar-refractivity contribution < 1.29 is 0 Å². The second kappa shape index (κ2) is 16.4. The Kier molecular flexibility index (Phi) is 13.7. The van der Waals surface area contributed by atoms with Gasteiger partial charge in [-0.25, -0.2) is 0 Å². The Morgan fingerprint density at radius 3 is 1.77 bits per heavy atom. The first-order chi connectivity index (χ1) is 18.9. The summed E-state index contributed by atoms with van der Waals surface area (Å²) in [6.45, 7) is 22.7. The number of hydrogen-bond donors (Lipinski definition) is 0. The Balaban J connectivity index is 1.90. The van der Waals surface area contributed by atoms with E-state index in [1.165, 1.54) is 72.0 Å². The zero-order chi connectivity index (χ0) is 29.7. The summed E-state index contributed by atoms with van der Waals surface area (Å²) in [7, 11) is 0. The molecule has 0 aliphatic heterocycles. The standard InChI is InChI=1S/C40H56/c1-30(19-13-21-32(3)26-27-38-34(5)25-16-28-40(38,9)10)17-11-12-18-31(2)20-14-22-33(4)29-37(8)39-35(6)23-15-24-36(39)7/h11-14,17-22,26-27,29,35H,15-16,23-25,28H2,1-10H3/b12-11+,19-13+,20-14+,27-26+,30-17+,31-18+,32-21+,33-22+,37-29+. The molecule has 1 unspecified atom stereocenters. The lowest BCUT2D eigenvalue weighted by Crippen LogP contribution is -2.19. The second-order valence-corrected chi connectivity index (χ2v) is 12.8. The van der Waals surface area contributed by atoms with Crippen molar-refractivity contribution in [2.45, 2.75) is 108 Å². The maximum Gasteiger partial charge on any atom is -0.0104 e. The Labute approximate surface area is 247 Å². The molecule has 0 heterocycles. The largest absolute Gasteiger partial charge is 0.0696 e. The van der Waals surface area contributed by atoms with Gasteiger partial charge in [-0.1, -0.05) is 133 Å². The van der Waals surface area contributed by atoms with Crippen LogP contribution in [0.3, 0.4) is 0 Å². The summed E-state index contributed by atoms with van der Waals surface area (Å²) in [5.41, 5.74) is 13.0. The molecule has 0 radical (unpaired) electrons. The number of rotatable bonds is 10. The van der Waals surface area contributed by atoms with E-state index in [2.05, 4.69) is 148 Å². The van der Waals surface area contributed by atoms with Gasteiger partial charge in [0.05, 0.1) is 0 Å². The molecule has 1 atom stereocenters. The fraction of sp³-hybridized carbons (Fsp3) is 0.450. The van der Waals surface area contributed by atoms with Crippen molar-refractivity contribution in [2.75, 3.05) is 0 Å². The quantitative estimate of drug-likeness (QED) is 0.244. The van der Waals surface area contributed by atoms with Gasteiger partial charge in [-0.05, 0) is 115 Å². The molecule has 0 saturated carbocycles. The highest BCUT2D eigenvalue weighted by Crippen LogP contribution is 2.40. The molecule has 0 aromatic heterocycles. The molecule has 2 aliphatic carbocycles. The van der Waals surface area contributed by atoms with Crippen LogP contribution in [0, 0.1) is 11.3 Å².